The maximum atomic E-state index is 3.44. The van der Waals surface area contributed by atoms with Crippen LogP contribution in [0.15, 0.2) is 206 Å². The second-order valence-electron chi connectivity index (χ2n) is 14.8. The van der Waals surface area contributed by atoms with Crippen LogP contribution in [0.4, 0.5) is 34.1 Å². The molecule has 0 spiro atoms. The summed E-state index contributed by atoms with van der Waals surface area (Å²) in [4.78, 5) is 4.58. The Morgan fingerprint density at radius 3 is 1.04 bits per heavy atom. The highest BCUT2D eigenvalue weighted by Gasteiger charge is 2.36. The molecule has 1 aliphatic carbocycles. The second-order valence-corrected chi connectivity index (χ2v) is 14.8. The fourth-order valence-electron chi connectivity index (χ4n) is 7.76. The lowest BCUT2D eigenvalue weighted by Crippen LogP contribution is -2.16. The van der Waals surface area contributed by atoms with Crippen molar-refractivity contribution >= 4 is 34.1 Å². The van der Waals surface area contributed by atoms with Gasteiger partial charge in [0.1, 0.15) is 0 Å². The molecule has 0 aromatic heterocycles. The van der Waals surface area contributed by atoms with Gasteiger partial charge in [0.2, 0.25) is 0 Å². The van der Waals surface area contributed by atoms with Gasteiger partial charge in [-0.05, 0) is 144 Å². The minimum Gasteiger partial charge on any atom is -0.311 e. The first kappa shape index (κ1) is 35.2. The number of rotatable bonds is 6. The molecule has 270 valence electrons. The van der Waals surface area contributed by atoms with E-state index in [9.17, 15) is 0 Å². The molecule has 2 nitrogen and oxygen atoms in total. The van der Waals surface area contributed by atoms with Crippen molar-refractivity contribution < 1.29 is 0 Å². The Hall–Kier alpha value is -7.52. The lowest BCUT2D eigenvalue weighted by Gasteiger charge is -2.28. The van der Waals surface area contributed by atoms with Gasteiger partial charge < -0.3 is 9.80 Å². The number of hydrogen-bond donors (Lipinski definition) is 0. The van der Waals surface area contributed by atoms with Gasteiger partial charge in [-0.25, -0.2) is 0 Å². The fraction of sp³-hybridized carbons (Fsp3) is 0.0545. The molecule has 8 aromatic carbocycles. The molecule has 0 saturated carbocycles. The third-order valence-corrected chi connectivity index (χ3v) is 10.7. The molecule has 57 heavy (non-hydrogen) atoms. The largest absolute Gasteiger partial charge is 0.311 e. The standard InChI is InChI=1S/C55H40N2/c1-55(2)53-39-44(33-37-51(53)52-38-36-50(40-54(52)55)57(47-19-11-5-12-20-47)48-21-13-6-14-22-48)30-29-42-25-23-41(24-26-42)27-28-43-31-34-49(35-32-43)56(45-15-7-3-8-16-45)46-17-9-4-10-18-46/h3-26,31-40H,1-2H3. The summed E-state index contributed by atoms with van der Waals surface area (Å²) in [5.41, 5.74) is 15.6. The van der Waals surface area contributed by atoms with Gasteiger partial charge in [0.15, 0.2) is 0 Å². The fourth-order valence-corrected chi connectivity index (χ4v) is 7.76. The molecule has 0 aliphatic heterocycles. The molecule has 0 bridgehead atoms. The van der Waals surface area contributed by atoms with Crippen LogP contribution in [0, 0.1) is 23.7 Å². The Balaban J connectivity index is 0.916. The Morgan fingerprint density at radius 2 is 0.596 bits per heavy atom. The van der Waals surface area contributed by atoms with Gasteiger partial charge in [0.25, 0.3) is 0 Å². The number of anilines is 6. The van der Waals surface area contributed by atoms with Crippen molar-refractivity contribution in [2.24, 2.45) is 0 Å². The first-order valence-electron chi connectivity index (χ1n) is 19.4. The van der Waals surface area contributed by atoms with E-state index in [1.54, 1.807) is 0 Å². The molecule has 2 heteroatoms. The highest BCUT2D eigenvalue weighted by molar-refractivity contribution is 5.86. The van der Waals surface area contributed by atoms with E-state index >= 15 is 0 Å². The van der Waals surface area contributed by atoms with E-state index in [4.69, 9.17) is 0 Å². The number of hydrogen-bond acceptors (Lipinski definition) is 2. The zero-order chi connectivity index (χ0) is 38.6. The molecule has 0 heterocycles. The molecular formula is C55H40N2. The van der Waals surface area contributed by atoms with E-state index in [0.717, 1.165) is 56.4 Å². The van der Waals surface area contributed by atoms with Crippen LogP contribution in [-0.2, 0) is 5.41 Å². The highest BCUT2D eigenvalue weighted by Crippen LogP contribution is 2.51. The predicted molar refractivity (Wildman–Crippen MR) is 238 cm³/mol. The number of para-hydroxylation sites is 4. The van der Waals surface area contributed by atoms with Crippen molar-refractivity contribution in [3.63, 3.8) is 0 Å². The molecule has 0 amide bonds. The van der Waals surface area contributed by atoms with Gasteiger partial charge in [-0.15, -0.1) is 0 Å². The minimum absolute atomic E-state index is 0.179. The van der Waals surface area contributed by atoms with Crippen molar-refractivity contribution in [3.8, 4) is 34.8 Å². The summed E-state index contributed by atoms with van der Waals surface area (Å²) >= 11 is 0. The minimum atomic E-state index is -0.179. The predicted octanol–water partition coefficient (Wildman–Crippen LogP) is 13.7. The Morgan fingerprint density at radius 1 is 0.298 bits per heavy atom. The quantitative estimate of drug-likeness (QED) is 0.157. The molecule has 0 atom stereocenters. The molecule has 0 radical (unpaired) electrons. The summed E-state index contributed by atoms with van der Waals surface area (Å²) in [5.74, 6) is 13.5. The third kappa shape index (κ3) is 7.22. The monoisotopic (exact) mass is 728 g/mol. The Bertz CT molecular complexity index is 2710. The van der Waals surface area contributed by atoms with Crippen molar-refractivity contribution in [1.82, 2.24) is 0 Å². The van der Waals surface area contributed by atoms with E-state index < -0.39 is 0 Å². The summed E-state index contributed by atoms with van der Waals surface area (Å²) < 4.78 is 0. The van der Waals surface area contributed by atoms with Crippen molar-refractivity contribution in [2.75, 3.05) is 9.80 Å². The van der Waals surface area contributed by atoms with Gasteiger partial charge in [-0.1, -0.05) is 122 Å². The highest BCUT2D eigenvalue weighted by atomic mass is 15.1. The van der Waals surface area contributed by atoms with Crippen LogP contribution in [0.1, 0.15) is 47.2 Å². The second kappa shape index (κ2) is 15.3. The van der Waals surface area contributed by atoms with Crippen LogP contribution >= 0.6 is 0 Å². The average molecular weight is 729 g/mol. The van der Waals surface area contributed by atoms with Crippen molar-refractivity contribution in [2.45, 2.75) is 19.3 Å². The zero-order valence-corrected chi connectivity index (χ0v) is 32.0. The number of fused-ring (bicyclic) bond motifs is 3. The summed E-state index contributed by atoms with van der Waals surface area (Å²) in [7, 11) is 0. The van der Waals surface area contributed by atoms with Gasteiger partial charge in [-0.3, -0.25) is 0 Å². The summed E-state index contributed by atoms with van der Waals surface area (Å²) in [5, 5.41) is 0. The van der Waals surface area contributed by atoms with Crippen molar-refractivity contribution in [3.05, 3.63) is 240 Å². The van der Waals surface area contributed by atoms with Gasteiger partial charge >= 0.3 is 0 Å². The lowest BCUT2D eigenvalue weighted by atomic mass is 9.82. The molecular weight excluding hydrogens is 689 g/mol. The van der Waals surface area contributed by atoms with Crippen LogP contribution in [0.25, 0.3) is 11.1 Å². The molecule has 0 unspecified atom stereocenters. The molecule has 8 aromatic rings. The Labute approximate surface area is 336 Å². The zero-order valence-electron chi connectivity index (χ0n) is 32.0. The molecule has 0 fully saturated rings. The Kier molecular flexibility index (Phi) is 9.46. The average Bonchev–Trinajstić information content (AvgIpc) is 3.49. The number of nitrogens with zero attached hydrogens (tertiary/aromatic N) is 2. The van der Waals surface area contributed by atoms with Crippen LogP contribution in [0.5, 0.6) is 0 Å². The van der Waals surface area contributed by atoms with Crippen LogP contribution in [-0.4, -0.2) is 0 Å². The van der Waals surface area contributed by atoms with Crippen LogP contribution in [0.2, 0.25) is 0 Å². The van der Waals surface area contributed by atoms with Crippen LogP contribution in [0.3, 0.4) is 0 Å². The summed E-state index contributed by atoms with van der Waals surface area (Å²) in [6, 6.07) is 72.2. The topological polar surface area (TPSA) is 6.48 Å². The SMILES string of the molecule is CC1(C)c2cc(C#Cc3ccc(C#Cc4ccc(N(c5ccccc5)c5ccccc5)cc4)cc3)ccc2-c2ccc(N(c3ccccc3)c3ccccc3)cc21. The molecule has 1 aliphatic rings. The van der Waals surface area contributed by atoms with E-state index in [1.807, 2.05) is 24.3 Å². The molecule has 0 N–H and O–H groups in total. The van der Waals surface area contributed by atoms with Gasteiger partial charge in [0, 0.05) is 61.8 Å². The normalized spacial score (nSPS) is 11.9. The van der Waals surface area contributed by atoms with E-state index in [-0.39, 0.29) is 5.41 Å². The van der Waals surface area contributed by atoms with E-state index in [2.05, 4.69) is 229 Å². The van der Waals surface area contributed by atoms with Crippen molar-refractivity contribution in [1.29, 1.82) is 0 Å². The van der Waals surface area contributed by atoms with Crippen LogP contribution < -0.4 is 9.80 Å². The maximum Gasteiger partial charge on any atom is 0.0465 e. The summed E-state index contributed by atoms with van der Waals surface area (Å²) in [6.07, 6.45) is 0. The van der Waals surface area contributed by atoms with E-state index in [0.29, 0.717) is 0 Å². The molecule has 9 rings (SSSR count). The first-order valence-corrected chi connectivity index (χ1v) is 19.4. The lowest BCUT2D eigenvalue weighted by molar-refractivity contribution is 0.660. The summed E-state index contributed by atoms with van der Waals surface area (Å²) in [6.45, 7) is 4.65. The van der Waals surface area contributed by atoms with Gasteiger partial charge in [-0.2, -0.15) is 0 Å². The third-order valence-electron chi connectivity index (χ3n) is 10.7. The van der Waals surface area contributed by atoms with E-state index in [1.165, 1.54) is 22.3 Å². The molecule has 0 saturated heterocycles. The number of benzene rings is 8. The first-order chi connectivity index (χ1) is 28.0. The van der Waals surface area contributed by atoms with Gasteiger partial charge in [0.05, 0.1) is 0 Å². The smallest absolute Gasteiger partial charge is 0.0465 e. The maximum absolute atomic E-state index is 3.44.